The smallest absolute Gasteiger partial charge is 0.326 e. The molecule has 1 amide bonds. The zero-order valence-electron chi connectivity index (χ0n) is 11.2. The van der Waals surface area contributed by atoms with Gasteiger partial charge in [-0.05, 0) is 37.0 Å². The second-order valence-corrected chi connectivity index (χ2v) is 4.75. The Morgan fingerprint density at radius 1 is 1.50 bits per heavy atom. The van der Waals surface area contributed by atoms with E-state index in [1.807, 2.05) is 6.07 Å². The summed E-state index contributed by atoms with van der Waals surface area (Å²) >= 11 is 0. The summed E-state index contributed by atoms with van der Waals surface area (Å²) in [5.74, 6) is -1.40. The van der Waals surface area contributed by atoms with Gasteiger partial charge in [-0.1, -0.05) is 12.1 Å². The van der Waals surface area contributed by atoms with E-state index in [1.165, 1.54) is 6.08 Å². The third-order valence-electron chi connectivity index (χ3n) is 3.35. The van der Waals surface area contributed by atoms with Gasteiger partial charge in [-0.3, -0.25) is 4.79 Å². The maximum Gasteiger partial charge on any atom is 0.326 e. The molecule has 5 heteroatoms. The third kappa shape index (κ3) is 2.99. The highest BCUT2D eigenvalue weighted by Crippen LogP contribution is 2.25. The molecule has 5 nitrogen and oxygen atoms in total. The minimum Gasteiger partial charge on any atom is -0.480 e. The number of amides is 1. The molecule has 3 N–H and O–H groups in total. The van der Waals surface area contributed by atoms with Crippen molar-refractivity contribution in [2.24, 2.45) is 0 Å². The molecule has 0 fully saturated rings. The quantitative estimate of drug-likeness (QED) is 0.715. The number of hydrogen-bond donors (Lipinski definition) is 3. The van der Waals surface area contributed by atoms with E-state index < -0.39 is 12.0 Å². The highest BCUT2D eigenvalue weighted by molar-refractivity contribution is 5.99. The van der Waals surface area contributed by atoms with E-state index in [9.17, 15) is 9.59 Å². The molecular formula is C15H18N2O3. The predicted octanol–water partition coefficient (Wildman–Crippen LogP) is 1.80. The minimum atomic E-state index is -1.05. The highest BCUT2D eigenvalue weighted by Gasteiger charge is 2.22. The molecule has 1 unspecified atom stereocenters. The first kappa shape index (κ1) is 14.1. The van der Waals surface area contributed by atoms with Gasteiger partial charge in [0.25, 0.3) is 5.91 Å². The second-order valence-electron chi connectivity index (χ2n) is 4.75. The first-order valence-electron chi connectivity index (χ1n) is 6.64. The van der Waals surface area contributed by atoms with Gasteiger partial charge in [-0.2, -0.15) is 0 Å². The first-order chi connectivity index (χ1) is 9.63. The number of anilines is 1. The van der Waals surface area contributed by atoms with Crippen molar-refractivity contribution >= 4 is 17.6 Å². The van der Waals surface area contributed by atoms with Crippen LogP contribution in [0.1, 0.15) is 28.8 Å². The number of aliphatic carboxylic acids is 1. The number of hydrogen-bond acceptors (Lipinski definition) is 3. The molecule has 0 aromatic heterocycles. The molecule has 0 bridgehead atoms. The lowest BCUT2D eigenvalue weighted by Crippen LogP contribution is -2.40. The number of nitrogens with one attached hydrogen (secondary N) is 2. The Hall–Kier alpha value is -2.30. The fourth-order valence-corrected chi connectivity index (χ4v) is 2.35. The zero-order valence-corrected chi connectivity index (χ0v) is 11.2. The van der Waals surface area contributed by atoms with Gasteiger partial charge >= 0.3 is 5.97 Å². The Morgan fingerprint density at radius 3 is 3.00 bits per heavy atom. The van der Waals surface area contributed by atoms with E-state index in [-0.39, 0.29) is 12.3 Å². The summed E-state index contributed by atoms with van der Waals surface area (Å²) in [5.41, 5.74) is 2.46. The Morgan fingerprint density at radius 2 is 2.30 bits per heavy atom. The summed E-state index contributed by atoms with van der Waals surface area (Å²) in [6, 6.07) is 4.53. The van der Waals surface area contributed by atoms with Crippen LogP contribution < -0.4 is 10.6 Å². The average molecular weight is 274 g/mol. The molecule has 1 aromatic rings. The number of carbonyl (C=O) groups is 2. The summed E-state index contributed by atoms with van der Waals surface area (Å²) in [6.07, 6.45) is 3.48. The fourth-order valence-electron chi connectivity index (χ4n) is 2.35. The molecule has 0 saturated heterocycles. The van der Waals surface area contributed by atoms with Crippen LogP contribution in [0.3, 0.4) is 0 Å². The molecule has 106 valence electrons. The maximum absolute atomic E-state index is 12.3. The Bertz CT molecular complexity index is 540. The largest absolute Gasteiger partial charge is 0.480 e. The number of rotatable bonds is 5. The van der Waals surface area contributed by atoms with Crippen molar-refractivity contribution in [2.45, 2.75) is 25.3 Å². The van der Waals surface area contributed by atoms with E-state index in [0.717, 1.165) is 30.6 Å². The monoisotopic (exact) mass is 274 g/mol. The van der Waals surface area contributed by atoms with Crippen LogP contribution in [-0.4, -0.2) is 29.6 Å². The van der Waals surface area contributed by atoms with Crippen molar-refractivity contribution in [2.75, 3.05) is 11.9 Å². The van der Waals surface area contributed by atoms with Crippen LogP contribution in [0.5, 0.6) is 0 Å². The summed E-state index contributed by atoms with van der Waals surface area (Å²) < 4.78 is 0. The summed E-state index contributed by atoms with van der Waals surface area (Å²) in [7, 11) is 0. The fraction of sp³-hybridized carbons (Fsp3) is 0.333. The Balaban J connectivity index is 2.21. The van der Waals surface area contributed by atoms with Crippen LogP contribution >= 0.6 is 0 Å². The summed E-state index contributed by atoms with van der Waals surface area (Å²) in [5, 5.41) is 14.9. The van der Waals surface area contributed by atoms with Gasteiger partial charge in [0.2, 0.25) is 0 Å². The summed E-state index contributed by atoms with van der Waals surface area (Å²) in [4.78, 5) is 23.3. The van der Waals surface area contributed by atoms with Gasteiger partial charge in [0.15, 0.2) is 0 Å². The van der Waals surface area contributed by atoms with E-state index in [4.69, 9.17) is 5.11 Å². The Kier molecular flexibility index (Phi) is 4.40. The van der Waals surface area contributed by atoms with Crippen LogP contribution in [0.25, 0.3) is 0 Å². The maximum atomic E-state index is 12.3. The number of fused-ring (bicyclic) bond motifs is 1. The zero-order chi connectivity index (χ0) is 14.5. The van der Waals surface area contributed by atoms with Crippen molar-refractivity contribution in [3.05, 3.63) is 42.0 Å². The average Bonchev–Trinajstić information content (AvgIpc) is 2.46. The van der Waals surface area contributed by atoms with E-state index >= 15 is 0 Å². The van der Waals surface area contributed by atoms with Crippen molar-refractivity contribution in [3.63, 3.8) is 0 Å². The van der Waals surface area contributed by atoms with E-state index in [1.54, 1.807) is 12.1 Å². The molecule has 1 aromatic carbocycles. The molecule has 20 heavy (non-hydrogen) atoms. The van der Waals surface area contributed by atoms with Crippen LogP contribution in [0.4, 0.5) is 5.69 Å². The van der Waals surface area contributed by atoms with Gasteiger partial charge in [0.1, 0.15) is 6.04 Å². The first-order valence-corrected chi connectivity index (χ1v) is 6.64. The van der Waals surface area contributed by atoms with Crippen LogP contribution in [-0.2, 0) is 11.2 Å². The van der Waals surface area contributed by atoms with Crippen LogP contribution in [0.2, 0.25) is 0 Å². The van der Waals surface area contributed by atoms with Crippen molar-refractivity contribution in [3.8, 4) is 0 Å². The topological polar surface area (TPSA) is 78.4 Å². The van der Waals surface area contributed by atoms with Crippen molar-refractivity contribution < 1.29 is 14.7 Å². The lowest BCUT2D eigenvalue weighted by Gasteiger charge is -2.21. The van der Waals surface area contributed by atoms with Gasteiger partial charge in [0, 0.05) is 17.8 Å². The second kappa shape index (κ2) is 6.23. The summed E-state index contributed by atoms with van der Waals surface area (Å²) in [6.45, 7) is 4.40. The molecule has 1 atom stereocenters. The van der Waals surface area contributed by atoms with Crippen molar-refractivity contribution in [1.82, 2.24) is 5.32 Å². The third-order valence-corrected chi connectivity index (χ3v) is 3.35. The van der Waals surface area contributed by atoms with Gasteiger partial charge in [-0.15, -0.1) is 6.58 Å². The lowest BCUT2D eigenvalue weighted by atomic mass is 9.97. The number of benzene rings is 1. The molecule has 0 spiro atoms. The van der Waals surface area contributed by atoms with Crippen molar-refractivity contribution in [1.29, 1.82) is 0 Å². The standard InChI is InChI=1S/C15H18N2O3/c1-2-5-13(15(19)20)17-14(18)11-6-3-8-12-10(11)7-4-9-16-12/h2-3,6,8,13,16H,1,4-5,7,9H2,(H,17,18)(H,19,20). The van der Waals surface area contributed by atoms with Crippen LogP contribution in [0.15, 0.2) is 30.9 Å². The number of carboxylic acids is 1. The molecule has 0 aliphatic carbocycles. The predicted molar refractivity (Wildman–Crippen MR) is 77.0 cm³/mol. The lowest BCUT2D eigenvalue weighted by molar-refractivity contribution is -0.139. The molecule has 0 saturated carbocycles. The van der Waals surface area contributed by atoms with Gasteiger partial charge in [-0.25, -0.2) is 4.79 Å². The molecule has 1 aliphatic heterocycles. The van der Waals surface area contributed by atoms with E-state index in [0.29, 0.717) is 5.56 Å². The molecule has 1 aliphatic rings. The normalized spacial score (nSPS) is 14.6. The van der Waals surface area contributed by atoms with E-state index in [2.05, 4.69) is 17.2 Å². The highest BCUT2D eigenvalue weighted by atomic mass is 16.4. The minimum absolute atomic E-state index is 0.203. The molecule has 2 rings (SSSR count). The van der Waals surface area contributed by atoms with Crippen LogP contribution in [0, 0.1) is 0 Å². The number of carboxylic acid groups (broad SMARTS) is 1. The molecule has 0 radical (unpaired) electrons. The SMILES string of the molecule is C=CCC(NC(=O)c1cccc2c1CCCN2)C(=O)O. The van der Waals surface area contributed by atoms with Gasteiger partial charge in [0.05, 0.1) is 0 Å². The number of carbonyl (C=O) groups excluding carboxylic acids is 1. The molecular weight excluding hydrogens is 256 g/mol. The van der Waals surface area contributed by atoms with Gasteiger partial charge < -0.3 is 15.7 Å². The Labute approximate surface area is 117 Å². The molecule has 1 heterocycles.